The van der Waals surface area contributed by atoms with Crippen LogP contribution in [0.2, 0.25) is 0 Å². The highest BCUT2D eigenvalue weighted by Gasteiger charge is 2.35. The molecule has 1 aliphatic rings. The van der Waals surface area contributed by atoms with Crippen molar-refractivity contribution in [3.8, 4) is 0 Å². The number of aryl methyl sites for hydroxylation is 2. The number of sulfone groups is 1. The first-order chi connectivity index (χ1) is 14.7. The third-order valence-electron chi connectivity index (χ3n) is 6.08. The highest BCUT2D eigenvalue weighted by Crippen LogP contribution is 2.36. The Balaban J connectivity index is 1.68. The Morgan fingerprint density at radius 3 is 2.39 bits per heavy atom. The minimum atomic E-state index is -3.21. The van der Waals surface area contributed by atoms with Gasteiger partial charge < -0.3 is 15.4 Å². The predicted octanol–water partition coefficient (Wildman–Crippen LogP) is 3.12. The Morgan fingerprint density at radius 2 is 1.77 bits per heavy atom. The molecule has 0 bridgehead atoms. The smallest absolute Gasteiger partial charge is 0.191 e. The number of nitrogens with zero attached hydrogens (tertiary/aromatic N) is 1. The maximum absolute atomic E-state index is 11.8. The van der Waals surface area contributed by atoms with E-state index < -0.39 is 9.84 Å². The van der Waals surface area contributed by atoms with Gasteiger partial charge in [0.25, 0.3) is 0 Å². The summed E-state index contributed by atoms with van der Waals surface area (Å²) in [6.45, 7) is 6.84. The van der Waals surface area contributed by atoms with Gasteiger partial charge in [-0.25, -0.2) is 8.42 Å². The molecular weight excluding hydrogens is 410 g/mol. The van der Waals surface area contributed by atoms with Gasteiger partial charge in [-0.1, -0.05) is 36.4 Å². The van der Waals surface area contributed by atoms with Crippen molar-refractivity contribution < 1.29 is 13.2 Å². The van der Waals surface area contributed by atoms with E-state index in [1.165, 1.54) is 17.4 Å². The summed E-state index contributed by atoms with van der Waals surface area (Å²) in [6.07, 6.45) is 3.17. The van der Waals surface area contributed by atoms with Gasteiger partial charge >= 0.3 is 0 Å². The van der Waals surface area contributed by atoms with E-state index in [2.05, 4.69) is 46.8 Å². The van der Waals surface area contributed by atoms with Gasteiger partial charge in [-0.2, -0.15) is 0 Å². The van der Waals surface area contributed by atoms with Crippen molar-refractivity contribution in [2.24, 2.45) is 4.99 Å². The number of guanidine groups is 1. The van der Waals surface area contributed by atoms with Crippen LogP contribution in [0.1, 0.15) is 35.1 Å². The SMILES string of the molecule is CN=C(NCc1ccc(S(C)(=O)=O)c(C)c1)NCC1(c2ccccc2C)CCOCC1. The van der Waals surface area contributed by atoms with Crippen LogP contribution in [-0.2, 0) is 26.5 Å². The zero-order valence-electron chi connectivity index (χ0n) is 18.9. The summed E-state index contributed by atoms with van der Waals surface area (Å²) < 4.78 is 29.3. The van der Waals surface area contributed by atoms with Crippen molar-refractivity contribution >= 4 is 15.8 Å². The monoisotopic (exact) mass is 443 g/mol. The standard InChI is InChI=1S/C24H33N3O3S/c1-18-7-5-6-8-21(18)24(11-13-30-14-12-24)17-27-23(25-3)26-16-20-9-10-22(19(2)15-20)31(4,28)29/h5-10,15H,11-14,16-17H2,1-4H3,(H2,25,26,27). The molecule has 0 spiro atoms. The zero-order chi connectivity index (χ0) is 22.5. The Hall–Kier alpha value is -2.38. The van der Waals surface area contributed by atoms with Crippen LogP contribution in [0.15, 0.2) is 52.4 Å². The van der Waals surface area contributed by atoms with Crippen molar-refractivity contribution in [2.45, 2.75) is 43.5 Å². The number of nitrogens with one attached hydrogen (secondary N) is 2. The number of rotatable bonds is 6. The summed E-state index contributed by atoms with van der Waals surface area (Å²) >= 11 is 0. The normalized spacial score (nSPS) is 16.7. The molecule has 1 aliphatic heterocycles. The van der Waals surface area contributed by atoms with E-state index in [1.807, 2.05) is 19.1 Å². The zero-order valence-corrected chi connectivity index (χ0v) is 19.7. The van der Waals surface area contributed by atoms with Crippen LogP contribution >= 0.6 is 0 Å². The topological polar surface area (TPSA) is 79.8 Å². The van der Waals surface area contributed by atoms with E-state index in [-0.39, 0.29) is 5.41 Å². The van der Waals surface area contributed by atoms with Gasteiger partial charge in [0.2, 0.25) is 0 Å². The molecule has 2 aromatic carbocycles. The van der Waals surface area contributed by atoms with Crippen molar-refractivity contribution in [3.63, 3.8) is 0 Å². The number of hydrogen-bond donors (Lipinski definition) is 2. The first-order valence-corrected chi connectivity index (χ1v) is 12.5. The Kier molecular flexibility index (Phi) is 7.38. The second-order valence-electron chi connectivity index (χ2n) is 8.36. The summed E-state index contributed by atoms with van der Waals surface area (Å²) in [6, 6.07) is 14.0. The second-order valence-corrected chi connectivity index (χ2v) is 10.3. The van der Waals surface area contributed by atoms with Crippen LogP contribution < -0.4 is 10.6 Å². The lowest BCUT2D eigenvalue weighted by Gasteiger charge is -2.39. The van der Waals surface area contributed by atoms with Gasteiger partial charge in [0, 0.05) is 45.0 Å². The molecule has 0 aliphatic carbocycles. The Bertz CT molecular complexity index is 1040. The summed E-state index contributed by atoms with van der Waals surface area (Å²) in [5.41, 5.74) is 4.44. The largest absolute Gasteiger partial charge is 0.381 e. The van der Waals surface area contributed by atoms with Gasteiger partial charge in [0.1, 0.15) is 0 Å². The highest BCUT2D eigenvalue weighted by atomic mass is 32.2. The molecule has 3 rings (SSSR count). The summed E-state index contributed by atoms with van der Waals surface area (Å²) in [5, 5.41) is 6.87. The quantitative estimate of drug-likeness (QED) is 0.530. The third kappa shape index (κ3) is 5.66. The first-order valence-electron chi connectivity index (χ1n) is 10.6. The van der Waals surface area contributed by atoms with Crippen LogP contribution in [0.25, 0.3) is 0 Å². The fourth-order valence-electron chi connectivity index (χ4n) is 4.37. The fraction of sp³-hybridized carbons (Fsp3) is 0.458. The van der Waals surface area contributed by atoms with Gasteiger partial charge in [0.15, 0.2) is 15.8 Å². The number of ether oxygens (including phenoxy) is 1. The molecule has 2 N–H and O–H groups in total. The van der Waals surface area contributed by atoms with Crippen molar-refractivity contribution in [3.05, 3.63) is 64.7 Å². The van der Waals surface area contributed by atoms with Crippen LogP contribution in [0.5, 0.6) is 0 Å². The molecule has 0 atom stereocenters. The van der Waals surface area contributed by atoms with Crippen LogP contribution in [0.3, 0.4) is 0 Å². The fourth-order valence-corrected chi connectivity index (χ4v) is 5.33. The Morgan fingerprint density at radius 1 is 1.06 bits per heavy atom. The molecule has 0 unspecified atom stereocenters. The molecule has 31 heavy (non-hydrogen) atoms. The molecular formula is C24H33N3O3S. The van der Waals surface area contributed by atoms with E-state index in [9.17, 15) is 8.42 Å². The molecule has 1 fully saturated rings. The van der Waals surface area contributed by atoms with Crippen LogP contribution in [0, 0.1) is 13.8 Å². The van der Waals surface area contributed by atoms with E-state index in [0.29, 0.717) is 11.4 Å². The van der Waals surface area contributed by atoms with Crippen molar-refractivity contribution in [1.29, 1.82) is 0 Å². The maximum Gasteiger partial charge on any atom is 0.191 e. The van der Waals surface area contributed by atoms with Gasteiger partial charge in [-0.15, -0.1) is 0 Å². The predicted molar refractivity (Wildman–Crippen MR) is 125 cm³/mol. The molecule has 0 radical (unpaired) electrons. The van der Waals surface area contributed by atoms with Gasteiger partial charge in [0.05, 0.1) is 4.90 Å². The molecule has 0 aromatic heterocycles. The number of hydrogen-bond acceptors (Lipinski definition) is 4. The minimum absolute atomic E-state index is 0.00886. The lowest BCUT2D eigenvalue weighted by Crippen LogP contribution is -2.48. The molecule has 1 saturated heterocycles. The lowest BCUT2D eigenvalue weighted by molar-refractivity contribution is 0.0512. The van der Waals surface area contributed by atoms with E-state index in [1.54, 1.807) is 13.1 Å². The van der Waals surface area contributed by atoms with E-state index >= 15 is 0 Å². The summed E-state index contributed by atoms with van der Waals surface area (Å²) in [5.74, 6) is 0.726. The second kappa shape index (κ2) is 9.83. The third-order valence-corrected chi connectivity index (χ3v) is 7.34. The molecule has 0 saturated carbocycles. The molecule has 2 aromatic rings. The highest BCUT2D eigenvalue weighted by molar-refractivity contribution is 7.90. The van der Waals surface area contributed by atoms with Gasteiger partial charge in [-0.05, 0) is 55.0 Å². The number of benzene rings is 2. The first kappa shape index (κ1) is 23.3. The molecule has 1 heterocycles. The van der Waals surface area contributed by atoms with Crippen LogP contribution in [0.4, 0.5) is 0 Å². The molecule has 168 valence electrons. The average molecular weight is 444 g/mol. The minimum Gasteiger partial charge on any atom is -0.381 e. The van der Waals surface area contributed by atoms with Crippen LogP contribution in [-0.4, -0.2) is 47.4 Å². The number of aliphatic imine (C=N–C) groups is 1. The van der Waals surface area contributed by atoms with E-state index in [0.717, 1.165) is 49.7 Å². The molecule has 6 nitrogen and oxygen atoms in total. The van der Waals surface area contributed by atoms with Crippen molar-refractivity contribution in [2.75, 3.05) is 33.1 Å². The molecule has 7 heteroatoms. The lowest BCUT2D eigenvalue weighted by atomic mass is 9.72. The summed E-state index contributed by atoms with van der Waals surface area (Å²) in [7, 11) is -1.45. The van der Waals surface area contributed by atoms with E-state index in [4.69, 9.17) is 4.74 Å². The molecule has 0 amide bonds. The summed E-state index contributed by atoms with van der Waals surface area (Å²) in [4.78, 5) is 4.75. The van der Waals surface area contributed by atoms with Crippen molar-refractivity contribution in [1.82, 2.24) is 10.6 Å². The average Bonchev–Trinajstić information content (AvgIpc) is 2.74. The maximum atomic E-state index is 11.8. The Labute approximate surface area is 186 Å². The van der Waals surface area contributed by atoms with Gasteiger partial charge in [-0.3, -0.25) is 4.99 Å².